The van der Waals surface area contributed by atoms with E-state index >= 15 is 0 Å². The third-order valence-electron chi connectivity index (χ3n) is 4.60. The minimum atomic E-state index is -0.606. The Labute approximate surface area is 168 Å². The lowest BCUT2D eigenvalue weighted by molar-refractivity contribution is -0.152. The van der Waals surface area contributed by atoms with E-state index in [1.54, 1.807) is 24.3 Å². The molecule has 1 aliphatic heterocycles. The molecular formula is C21H21ClN2O4. The van der Waals surface area contributed by atoms with Gasteiger partial charge < -0.3 is 15.0 Å². The van der Waals surface area contributed by atoms with E-state index in [4.69, 9.17) is 16.3 Å². The van der Waals surface area contributed by atoms with Crippen LogP contribution in [0.4, 0.5) is 5.69 Å². The van der Waals surface area contributed by atoms with Crippen LogP contribution in [0, 0.1) is 5.92 Å². The summed E-state index contributed by atoms with van der Waals surface area (Å²) in [4.78, 5) is 38.1. The maximum atomic E-state index is 12.3. The number of carbonyl (C=O) groups is 3. The van der Waals surface area contributed by atoms with Crippen LogP contribution in [0.1, 0.15) is 24.9 Å². The highest BCUT2D eigenvalue weighted by Crippen LogP contribution is 2.27. The predicted octanol–water partition coefficient (Wildman–Crippen LogP) is 3.11. The quantitative estimate of drug-likeness (QED) is 0.756. The van der Waals surface area contributed by atoms with E-state index in [1.165, 1.54) is 4.90 Å². The molecule has 146 valence electrons. The molecule has 6 nitrogen and oxygen atoms in total. The van der Waals surface area contributed by atoms with Crippen LogP contribution in [-0.4, -0.2) is 30.9 Å². The monoisotopic (exact) mass is 400 g/mol. The SMILES string of the molecule is C[C@H](NC(=O)COC(=O)[C@@H]1CC(=O)N(c2cccc(Cl)c2)C1)c1ccccc1. The lowest BCUT2D eigenvalue weighted by atomic mass is 10.1. The Bertz CT molecular complexity index is 872. The van der Waals surface area contributed by atoms with Gasteiger partial charge in [0.15, 0.2) is 6.61 Å². The summed E-state index contributed by atoms with van der Waals surface area (Å²) in [5, 5.41) is 3.30. The van der Waals surface area contributed by atoms with Crippen molar-refractivity contribution in [2.45, 2.75) is 19.4 Å². The second-order valence-electron chi connectivity index (χ2n) is 6.69. The van der Waals surface area contributed by atoms with E-state index < -0.39 is 11.9 Å². The molecular weight excluding hydrogens is 380 g/mol. The van der Waals surface area contributed by atoms with Crippen molar-refractivity contribution in [1.29, 1.82) is 0 Å². The number of amides is 2. The first kappa shape index (κ1) is 19.9. The summed E-state index contributed by atoms with van der Waals surface area (Å²) in [6.45, 7) is 1.69. The minimum absolute atomic E-state index is 0.0490. The third kappa shape index (κ3) is 4.89. The number of nitrogens with zero attached hydrogens (tertiary/aromatic N) is 1. The first-order chi connectivity index (χ1) is 13.4. The van der Waals surface area contributed by atoms with Gasteiger partial charge in [0.1, 0.15) is 0 Å². The van der Waals surface area contributed by atoms with Crippen molar-refractivity contribution in [2.75, 3.05) is 18.1 Å². The maximum Gasteiger partial charge on any atom is 0.311 e. The number of rotatable bonds is 6. The molecule has 0 spiro atoms. The second kappa shape index (κ2) is 8.89. The Morgan fingerprint density at radius 3 is 2.68 bits per heavy atom. The van der Waals surface area contributed by atoms with Crippen LogP contribution >= 0.6 is 11.6 Å². The van der Waals surface area contributed by atoms with Gasteiger partial charge in [-0.3, -0.25) is 14.4 Å². The lowest BCUT2D eigenvalue weighted by Gasteiger charge is -2.17. The molecule has 0 unspecified atom stereocenters. The van der Waals surface area contributed by atoms with Gasteiger partial charge in [0.25, 0.3) is 5.91 Å². The summed E-state index contributed by atoms with van der Waals surface area (Å²) >= 11 is 5.97. The number of anilines is 1. The zero-order valence-electron chi connectivity index (χ0n) is 15.4. The van der Waals surface area contributed by atoms with Gasteiger partial charge in [-0.15, -0.1) is 0 Å². The highest BCUT2D eigenvalue weighted by molar-refractivity contribution is 6.31. The normalized spacial score (nSPS) is 17.3. The van der Waals surface area contributed by atoms with Gasteiger partial charge in [-0.25, -0.2) is 0 Å². The van der Waals surface area contributed by atoms with Crippen LogP contribution in [0.25, 0.3) is 0 Å². The van der Waals surface area contributed by atoms with Gasteiger partial charge >= 0.3 is 5.97 Å². The summed E-state index contributed by atoms with van der Waals surface area (Å²) < 4.78 is 5.12. The molecule has 1 fully saturated rings. The van der Waals surface area contributed by atoms with E-state index in [0.717, 1.165) is 5.56 Å². The molecule has 0 radical (unpaired) electrons. The van der Waals surface area contributed by atoms with Gasteiger partial charge in [0.05, 0.1) is 12.0 Å². The molecule has 1 N–H and O–H groups in total. The minimum Gasteiger partial charge on any atom is -0.455 e. The zero-order valence-corrected chi connectivity index (χ0v) is 16.2. The molecule has 2 aromatic rings. The van der Waals surface area contributed by atoms with Crippen molar-refractivity contribution in [3.05, 3.63) is 65.2 Å². The molecule has 1 heterocycles. The summed E-state index contributed by atoms with van der Waals surface area (Å²) in [5.74, 6) is -1.72. The van der Waals surface area contributed by atoms with Crippen LogP contribution in [-0.2, 0) is 19.1 Å². The Kier molecular flexibility index (Phi) is 6.31. The van der Waals surface area contributed by atoms with E-state index in [2.05, 4.69) is 5.32 Å². The van der Waals surface area contributed by atoms with Crippen molar-refractivity contribution in [3.63, 3.8) is 0 Å². The number of nitrogens with one attached hydrogen (secondary N) is 1. The molecule has 0 bridgehead atoms. The predicted molar refractivity (Wildman–Crippen MR) is 106 cm³/mol. The topological polar surface area (TPSA) is 75.7 Å². The molecule has 3 rings (SSSR count). The van der Waals surface area contributed by atoms with E-state index in [1.807, 2.05) is 37.3 Å². The largest absolute Gasteiger partial charge is 0.455 e. The van der Waals surface area contributed by atoms with Crippen LogP contribution in [0.15, 0.2) is 54.6 Å². The molecule has 0 saturated carbocycles. The molecule has 28 heavy (non-hydrogen) atoms. The van der Waals surface area contributed by atoms with Crippen molar-refractivity contribution in [1.82, 2.24) is 5.32 Å². The lowest BCUT2D eigenvalue weighted by Crippen LogP contribution is -2.32. The fraction of sp³-hybridized carbons (Fsp3) is 0.286. The van der Waals surface area contributed by atoms with Crippen molar-refractivity contribution in [3.8, 4) is 0 Å². The summed E-state index contributed by atoms with van der Waals surface area (Å²) in [7, 11) is 0. The Balaban J connectivity index is 1.50. The summed E-state index contributed by atoms with van der Waals surface area (Å²) in [6, 6.07) is 16.2. The number of benzene rings is 2. The van der Waals surface area contributed by atoms with Gasteiger partial charge in [-0.2, -0.15) is 0 Å². The number of esters is 1. The van der Waals surface area contributed by atoms with Crippen LogP contribution < -0.4 is 10.2 Å². The van der Waals surface area contributed by atoms with Gasteiger partial charge in [-0.1, -0.05) is 48.0 Å². The average molecular weight is 401 g/mol. The molecule has 1 aliphatic rings. The van der Waals surface area contributed by atoms with Crippen LogP contribution in [0.2, 0.25) is 5.02 Å². The Morgan fingerprint density at radius 1 is 1.21 bits per heavy atom. The number of hydrogen-bond donors (Lipinski definition) is 1. The first-order valence-corrected chi connectivity index (χ1v) is 9.38. The summed E-state index contributed by atoms with van der Waals surface area (Å²) in [5.41, 5.74) is 1.60. The van der Waals surface area contributed by atoms with Crippen molar-refractivity contribution < 1.29 is 19.1 Å². The van der Waals surface area contributed by atoms with E-state index in [9.17, 15) is 14.4 Å². The summed E-state index contributed by atoms with van der Waals surface area (Å²) in [6.07, 6.45) is 0.0490. The van der Waals surface area contributed by atoms with Gasteiger partial charge in [0, 0.05) is 23.7 Å². The first-order valence-electron chi connectivity index (χ1n) is 9.01. The third-order valence-corrected chi connectivity index (χ3v) is 4.84. The molecule has 2 amide bonds. The Morgan fingerprint density at radius 2 is 1.96 bits per heavy atom. The zero-order chi connectivity index (χ0) is 20.1. The molecule has 0 aliphatic carbocycles. The van der Waals surface area contributed by atoms with Crippen molar-refractivity contribution >= 4 is 35.1 Å². The number of halogens is 1. The standard InChI is InChI=1S/C21H21ClN2O4/c1-14(15-6-3-2-4-7-15)23-19(25)13-28-21(27)16-10-20(26)24(12-16)18-9-5-8-17(22)11-18/h2-9,11,14,16H,10,12-13H2,1H3,(H,23,25)/t14-,16+/m0/s1. The Hall–Kier alpha value is -2.86. The fourth-order valence-electron chi connectivity index (χ4n) is 3.12. The van der Waals surface area contributed by atoms with Gasteiger partial charge in [-0.05, 0) is 30.7 Å². The molecule has 2 atom stereocenters. The average Bonchev–Trinajstić information content (AvgIpc) is 3.08. The van der Waals surface area contributed by atoms with Crippen LogP contribution in [0.5, 0.6) is 0 Å². The van der Waals surface area contributed by atoms with Gasteiger partial charge in [0.2, 0.25) is 5.91 Å². The highest BCUT2D eigenvalue weighted by atomic mass is 35.5. The van der Waals surface area contributed by atoms with E-state index in [-0.39, 0.29) is 37.4 Å². The molecule has 0 aromatic heterocycles. The maximum absolute atomic E-state index is 12.3. The van der Waals surface area contributed by atoms with Crippen molar-refractivity contribution in [2.24, 2.45) is 5.92 Å². The molecule has 1 saturated heterocycles. The number of hydrogen-bond acceptors (Lipinski definition) is 4. The molecule has 7 heteroatoms. The number of carbonyl (C=O) groups excluding carboxylic acids is 3. The fourth-order valence-corrected chi connectivity index (χ4v) is 3.31. The van der Waals surface area contributed by atoms with E-state index in [0.29, 0.717) is 10.7 Å². The number of ether oxygens (including phenoxy) is 1. The highest BCUT2D eigenvalue weighted by Gasteiger charge is 2.36. The smallest absolute Gasteiger partial charge is 0.311 e. The second-order valence-corrected chi connectivity index (χ2v) is 7.13. The van der Waals surface area contributed by atoms with Crippen LogP contribution in [0.3, 0.4) is 0 Å². The molecule has 2 aromatic carbocycles.